The smallest absolute Gasteiger partial charge is 0.426 e. The summed E-state index contributed by atoms with van der Waals surface area (Å²) in [5.41, 5.74) is 4.69. The molecule has 0 saturated carbocycles. The first-order valence-corrected chi connectivity index (χ1v) is 8.89. The predicted octanol–water partition coefficient (Wildman–Crippen LogP) is 4.67. The maximum Gasteiger partial charge on any atom is 0.426 e. The van der Waals surface area contributed by atoms with Crippen LogP contribution in [0.3, 0.4) is 0 Å². The molecule has 0 heterocycles. The highest BCUT2D eigenvalue weighted by atomic mass is 19.4. The summed E-state index contributed by atoms with van der Waals surface area (Å²) in [6, 6.07) is 14.3. The maximum absolute atomic E-state index is 12.7. The fourth-order valence-corrected chi connectivity index (χ4v) is 2.46. The lowest BCUT2D eigenvalue weighted by Crippen LogP contribution is -2.41. The first-order chi connectivity index (χ1) is 13.8. The molecule has 154 valence electrons. The molecule has 0 radical (unpaired) electrons. The van der Waals surface area contributed by atoms with Gasteiger partial charge in [0.2, 0.25) is 0 Å². The third kappa shape index (κ3) is 7.69. The summed E-state index contributed by atoms with van der Waals surface area (Å²) in [5.74, 6) is -0.508. The van der Waals surface area contributed by atoms with Crippen molar-refractivity contribution in [1.82, 2.24) is 10.9 Å². The van der Waals surface area contributed by atoms with E-state index in [1.807, 2.05) is 37.3 Å². The number of ether oxygens (including phenoxy) is 1. The molecule has 2 aromatic carbocycles. The molecular weight excluding hydrogens is 385 g/mol. The lowest BCUT2D eigenvalue weighted by Gasteiger charge is -2.12. The van der Waals surface area contributed by atoms with Gasteiger partial charge in [0.25, 0.3) is 5.91 Å². The molecule has 8 heteroatoms. The molecule has 0 aliphatic carbocycles. The van der Waals surface area contributed by atoms with Crippen LogP contribution in [0.25, 0.3) is 6.08 Å². The molecule has 0 bridgehead atoms. The maximum atomic E-state index is 12.7. The minimum Gasteiger partial charge on any atom is -0.448 e. The topological polar surface area (TPSA) is 67.4 Å². The Kier molecular flexibility index (Phi) is 7.82. The second-order valence-corrected chi connectivity index (χ2v) is 6.31. The van der Waals surface area contributed by atoms with Crippen LogP contribution in [0.2, 0.25) is 0 Å². The van der Waals surface area contributed by atoms with Crippen LogP contribution in [0.4, 0.5) is 18.0 Å². The van der Waals surface area contributed by atoms with E-state index in [1.165, 1.54) is 18.2 Å². The van der Waals surface area contributed by atoms with Gasteiger partial charge in [0, 0.05) is 6.08 Å². The van der Waals surface area contributed by atoms with Gasteiger partial charge in [-0.25, -0.2) is 10.2 Å². The quantitative estimate of drug-likeness (QED) is 0.541. The van der Waals surface area contributed by atoms with Gasteiger partial charge >= 0.3 is 12.3 Å². The molecule has 0 spiro atoms. The molecule has 0 fully saturated rings. The van der Waals surface area contributed by atoms with Crippen molar-refractivity contribution in [2.45, 2.75) is 25.4 Å². The van der Waals surface area contributed by atoms with E-state index in [0.29, 0.717) is 6.42 Å². The zero-order chi connectivity index (χ0) is 21.3. The summed E-state index contributed by atoms with van der Waals surface area (Å²) < 4.78 is 43.0. The number of nitrogens with one attached hydrogen (secondary N) is 2. The highest BCUT2D eigenvalue weighted by Crippen LogP contribution is 2.29. The van der Waals surface area contributed by atoms with Crippen molar-refractivity contribution in [3.8, 4) is 0 Å². The highest BCUT2D eigenvalue weighted by molar-refractivity contribution is 5.92. The van der Waals surface area contributed by atoms with E-state index in [2.05, 4.69) is 10.9 Å². The fraction of sp³-hybridized carbons (Fsp3) is 0.238. The van der Waals surface area contributed by atoms with Crippen LogP contribution in [-0.4, -0.2) is 18.6 Å². The number of hydrogen-bond acceptors (Lipinski definition) is 3. The Morgan fingerprint density at radius 3 is 2.48 bits per heavy atom. The second-order valence-electron chi connectivity index (χ2n) is 6.31. The summed E-state index contributed by atoms with van der Waals surface area (Å²) in [6.07, 6.45) is -2.46. The number of benzene rings is 2. The van der Waals surface area contributed by atoms with Gasteiger partial charge in [-0.2, -0.15) is 13.2 Å². The van der Waals surface area contributed by atoms with Crippen LogP contribution in [0, 0.1) is 0 Å². The normalized spacial score (nSPS) is 12.4. The largest absolute Gasteiger partial charge is 0.448 e. The standard InChI is InChI=1S/C21H21F3N2O3/c1-15(17-7-3-2-4-8-17)12-13-29-20(28)26-25-19(27)11-10-16-6-5-9-18(14-16)21(22,23)24/h2-11,14-15H,12-13H2,1H3,(H,25,27)(H,26,28). The van der Waals surface area contributed by atoms with Crippen molar-refractivity contribution in [3.63, 3.8) is 0 Å². The number of carbonyl (C=O) groups is 2. The van der Waals surface area contributed by atoms with Gasteiger partial charge in [0.05, 0.1) is 12.2 Å². The molecule has 5 nitrogen and oxygen atoms in total. The molecule has 29 heavy (non-hydrogen) atoms. The minimum absolute atomic E-state index is 0.165. The van der Waals surface area contributed by atoms with E-state index >= 15 is 0 Å². The van der Waals surface area contributed by atoms with Gasteiger partial charge in [-0.05, 0) is 41.7 Å². The van der Waals surface area contributed by atoms with Crippen LogP contribution < -0.4 is 10.9 Å². The van der Waals surface area contributed by atoms with Crippen LogP contribution in [0.15, 0.2) is 60.7 Å². The predicted molar refractivity (Wildman–Crippen MR) is 103 cm³/mol. The molecule has 1 unspecified atom stereocenters. The molecule has 0 aliphatic rings. The van der Waals surface area contributed by atoms with Crippen molar-refractivity contribution in [2.24, 2.45) is 0 Å². The van der Waals surface area contributed by atoms with Crippen molar-refractivity contribution < 1.29 is 27.5 Å². The number of alkyl halides is 3. The number of hydrazine groups is 1. The van der Waals surface area contributed by atoms with E-state index in [0.717, 1.165) is 23.8 Å². The first-order valence-electron chi connectivity index (χ1n) is 8.89. The summed E-state index contributed by atoms with van der Waals surface area (Å²) in [7, 11) is 0. The molecule has 2 aromatic rings. The number of hydrogen-bond donors (Lipinski definition) is 2. The van der Waals surface area contributed by atoms with Crippen LogP contribution in [0.5, 0.6) is 0 Å². The summed E-state index contributed by atoms with van der Waals surface area (Å²) >= 11 is 0. The SMILES string of the molecule is CC(CCOC(=O)NNC(=O)C=Cc1cccc(C(F)(F)F)c1)c1ccccc1. The Morgan fingerprint density at radius 1 is 1.07 bits per heavy atom. The van der Waals surface area contributed by atoms with E-state index in [1.54, 1.807) is 0 Å². The van der Waals surface area contributed by atoms with E-state index in [-0.39, 0.29) is 18.1 Å². The minimum atomic E-state index is -4.46. The van der Waals surface area contributed by atoms with E-state index in [4.69, 9.17) is 4.74 Å². The van der Waals surface area contributed by atoms with Crippen molar-refractivity contribution in [2.75, 3.05) is 6.61 Å². The van der Waals surface area contributed by atoms with Gasteiger partial charge in [-0.15, -0.1) is 0 Å². The summed E-state index contributed by atoms with van der Waals surface area (Å²) in [4.78, 5) is 23.3. The zero-order valence-corrected chi connectivity index (χ0v) is 15.7. The Labute approximate surface area is 166 Å². The fourth-order valence-electron chi connectivity index (χ4n) is 2.46. The van der Waals surface area contributed by atoms with Crippen molar-refractivity contribution >= 4 is 18.1 Å². The third-order valence-corrected chi connectivity index (χ3v) is 4.08. The number of carbonyl (C=O) groups excluding carboxylic acids is 2. The zero-order valence-electron chi connectivity index (χ0n) is 15.7. The summed E-state index contributed by atoms with van der Waals surface area (Å²) in [5, 5.41) is 0. The van der Waals surface area contributed by atoms with Crippen LogP contribution in [0.1, 0.15) is 36.0 Å². The Balaban J connectivity index is 1.72. The third-order valence-electron chi connectivity index (χ3n) is 4.08. The molecular formula is C21H21F3N2O3. The van der Waals surface area contributed by atoms with Gasteiger partial charge in [-0.3, -0.25) is 10.2 Å². The average Bonchev–Trinajstić information content (AvgIpc) is 2.71. The number of rotatable bonds is 6. The molecule has 1 atom stereocenters. The Morgan fingerprint density at radius 2 is 1.79 bits per heavy atom. The van der Waals surface area contributed by atoms with Crippen LogP contribution in [-0.2, 0) is 15.7 Å². The first kappa shape index (κ1) is 22.0. The van der Waals surface area contributed by atoms with Gasteiger partial charge < -0.3 is 4.74 Å². The molecule has 0 aromatic heterocycles. The number of amides is 2. The molecule has 2 amide bonds. The van der Waals surface area contributed by atoms with Crippen molar-refractivity contribution in [1.29, 1.82) is 0 Å². The number of halogens is 3. The molecule has 0 saturated heterocycles. The lowest BCUT2D eigenvalue weighted by atomic mass is 9.98. The van der Waals surface area contributed by atoms with Gasteiger partial charge in [0.15, 0.2) is 0 Å². The summed E-state index contributed by atoms with van der Waals surface area (Å²) in [6.45, 7) is 2.18. The Bertz CT molecular complexity index is 852. The van der Waals surface area contributed by atoms with Crippen LogP contribution >= 0.6 is 0 Å². The second kappa shape index (κ2) is 10.3. The molecule has 2 N–H and O–H groups in total. The van der Waals surface area contributed by atoms with Crippen molar-refractivity contribution in [3.05, 3.63) is 77.4 Å². The van der Waals surface area contributed by atoms with E-state index in [9.17, 15) is 22.8 Å². The lowest BCUT2D eigenvalue weighted by molar-refractivity contribution is -0.137. The highest BCUT2D eigenvalue weighted by Gasteiger charge is 2.30. The van der Waals surface area contributed by atoms with Gasteiger partial charge in [0.1, 0.15) is 0 Å². The molecule has 0 aliphatic heterocycles. The monoisotopic (exact) mass is 406 g/mol. The van der Waals surface area contributed by atoms with Gasteiger partial charge in [-0.1, -0.05) is 49.4 Å². The average molecular weight is 406 g/mol. The Hall–Kier alpha value is -3.29. The van der Waals surface area contributed by atoms with E-state index < -0.39 is 23.7 Å². The molecule has 2 rings (SSSR count).